The SMILES string of the molecule is CCCOC1CCCCC1(CO)CO. The fourth-order valence-electron chi connectivity index (χ4n) is 2.21. The molecule has 3 nitrogen and oxygen atoms in total. The normalized spacial score (nSPS) is 26.4. The Labute approximate surface area is 86.1 Å². The third kappa shape index (κ3) is 2.47. The van der Waals surface area contributed by atoms with E-state index >= 15 is 0 Å². The molecule has 1 aliphatic rings. The molecule has 0 saturated heterocycles. The van der Waals surface area contributed by atoms with Crippen LogP contribution in [0.25, 0.3) is 0 Å². The number of rotatable bonds is 5. The van der Waals surface area contributed by atoms with Gasteiger partial charge in [0.1, 0.15) is 0 Å². The van der Waals surface area contributed by atoms with Crippen molar-refractivity contribution in [1.82, 2.24) is 0 Å². The molecule has 1 aliphatic carbocycles. The van der Waals surface area contributed by atoms with Crippen LogP contribution in [0.2, 0.25) is 0 Å². The van der Waals surface area contributed by atoms with Gasteiger partial charge in [-0.2, -0.15) is 0 Å². The minimum Gasteiger partial charge on any atom is -0.396 e. The van der Waals surface area contributed by atoms with E-state index in [4.69, 9.17) is 4.74 Å². The molecule has 84 valence electrons. The average molecular weight is 202 g/mol. The monoisotopic (exact) mass is 202 g/mol. The second-order valence-electron chi connectivity index (χ2n) is 4.28. The average Bonchev–Trinajstić information content (AvgIpc) is 2.26. The summed E-state index contributed by atoms with van der Waals surface area (Å²) in [6.07, 6.45) is 5.13. The molecule has 0 aromatic carbocycles. The summed E-state index contributed by atoms with van der Waals surface area (Å²) >= 11 is 0. The minimum atomic E-state index is -0.382. The number of hydrogen-bond donors (Lipinski definition) is 2. The van der Waals surface area contributed by atoms with Gasteiger partial charge in [0.25, 0.3) is 0 Å². The van der Waals surface area contributed by atoms with Crippen molar-refractivity contribution >= 4 is 0 Å². The molecule has 0 amide bonds. The van der Waals surface area contributed by atoms with E-state index in [1.165, 1.54) is 0 Å². The molecule has 2 N–H and O–H groups in total. The molecular formula is C11H22O3. The van der Waals surface area contributed by atoms with Gasteiger partial charge < -0.3 is 14.9 Å². The summed E-state index contributed by atoms with van der Waals surface area (Å²) in [4.78, 5) is 0. The summed E-state index contributed by atoms with van der Waals surface area (Å²) in [5.41, 5.74) is -0.382. The predicted molar refractivity (Wildman–Crippen MR) is 55.1 cm³/mol. The van der Waals surface area contributed by atoms with Gasteiger partial charge in [0.2, 0.25) is 0 Å². The molecule has 1 rings (SSSR count). The molecular weight excluding hydrogens is 180 g/mol. The number of aliphatic hydroxyl groups excluding tert-OH is 2. The predicted octanol–water partition coefficient (Wildman–Crippen LogP) is 1.33. The van der Waals surface area contributed by atoms with Crippen molar-refractivity contribution in [2.45, 2.75) is 45.1 Å². The first-order valence-corrected chi connectivity index (χ1v) is 5.62. The van der Waals surface area contributed by atoms with Gasteiger partial charge in [-0.15, -0.1) is 0 Å². The van der Waals surface area contributed by atoms with Crippen molar-refractivity contribution in [1.29, 1.82) is 0 Å². The summed E-state index contributed by atoms with van der Waals surface area (Å²) in [6, 6.07) is 0. The second kappa shape index (κ2) is 5.69. The molecule has 1 unspecified atom stereocenters. The van der Waals surface area contributed by atoms with E-state index in [0.29, 0.717) is 0 Å². The van der Waals surface area contributed by atoms with E-state index in [2.05, 4.69) is 6.92 Å². The first-order chi connectivity index (χ1) is 6.79. The molecule has 0 aliphatic heterocycles. The molecule has 1 atom stereocenters. The zero-order chi connectivity index (χ0) is 10.4. The van der Waals surface area contributed by atoms with E-state index in [-0.39, 0.29) is 24.7 Å². The van der Waals surface area contributed by atoms with Crippen molar-refractivity contribution in [2.75, 3.05) is 19.8 Å². The van der Waals surface area contributed by atoms with Crippen molar-refractivity contribution in [2.24, 2.45) is 5.41 Å². The van der Waals surface area contributed by atoms with Gasteiger partial charge >= 0.3 is 0 Å². The second-order valence-corrected chi connectivity index (χ2v) is 4.28. The lowest BCUT2D eigenvalue weighted by molar-refractivity contribution is -0.112. The van der Waals surface area contributed by atoms with Crippen LogP contribution in [0.4, 0.5) is 0 Å². The van der Waals surface area contributed by atoms with Crippen LogP contribution in [0.3, 0.4) is 0 Å². The van der Waals surface area contributed by atoms with Crippen LogP contribution >= 0.6 is 0 Å². The van der Waals surface area contributed by atoms with Gasteiger partial charge in [-0.1, -0.05) is 19.8 Å². The molecule has 0 aromatic heterocycles. The van der Waals surface area contributed by atoms with E-state index in [1.807, 2.05) is 0 Å². The maximum Gasteiger partial charge on any atom is 0.0675 e. The summed E-state index contributed by atoms with van der Waals surface area (Å²) in [5, 5.41) is 18.7. The molecule has 1 fully saturated rings. The van der Waals surface area contributed by atoms with Gasteiger partial charge in [-0.3, -0.25) is 0 Å². The Morgan fingerprint density at radius 1 is 1.29 bits per heavy atom. The van der Waals surface area contributed by atoms with Crippen LogP contribution in [-0.4, -0.2) is 36.1 Å². The molecule has 0 bridgehead atoms. The van der Waals surface area contributed by atoms with Gasteiger partial charge in [-0.05, 0) is 19.3 Å². The summed E-state index contributed by atoms with van der Waals surface area (Å²) in [7, 11) is 0. The van der Waals surface area contributed by atoms with E-state index < -0.39 is 0 Å². The Kier molecular flexibility index (Phi) is 4.85. The molecule has 0 aromatic rings. The zero-order valence-corrected chi connectivity index (χ0v) is 9.04. The van der Waals surface area contributed by atoms with Gasteiger partial charge in [0, 0.05) is 12.0 Å². The molecule has 14 heavy (non-hydrogen) atoms. The van der Waals surface area contributed by atoms with Crippen molar-refractivity contribution in [3.05, 3.63) is 0 Å². The molecule has 0 spiro atoms. The highest BCUT2D eigenvalue weighted by Crippen LogP contribution is 2.37. The van der Waals surface area contributed by atoms with Crippen molar-refractivity contribution in [3.8, 4) is 0 Å². The lowest BCUT2D eigenvalue weighted by Gasteiger charge is -2.41. The Hall–Kier alpha value is -0.120. The third-order valence-corrected chi connectivity index (χ3v) is 3.23. The fourth-order valence-corrected chi connectivity index (χ4v) is 2.21. The van der Waals surface area contributed by atoms with Gasteiger partial charge in [-0.25, -0.2) is 0 Å². The summed E-state index contributed by atoms with van der Waals surface area (Å²) in [5.74, 6) is 0. The van der Waals surface area contributed by atoms with Gasteiger partial charge in [0.05, 0.1) is 19.3 Å². The van der Waals surface area contributed by atoms with Crippen LogP contribution in [0.5, 0.6) is 0 Å². The largest absolute Gasteiger partial charge is 0.396 e. The fraction of sp³-hybridized carbons (Fsp3) is 1.00. The van der Waals surface area contributed by atoms with E-state index in [0.717, 1.165) is 38.7 Å². The van der Waals surface area contributed by atoms with E-state index in [1.54, 1.807) is 0 Å². The van der Waals surface area contributed by atoms with Crippen molar-refractivity contribution < 1.29 is 14.9 Å². The summed E-state index contributed by atoms with van der Waals surface area (Å²) < 4.78 is 5.71. The molecule has 0 heterocycles. The Balaban J connectivity index is 2.56. The standard InChI is InChI=1S/C11H22O3/c1-2-7-14-10-5-3-4-6-11(10,8-12)9-13/h10,12-13H,2-9H2,1H3. The van der Waals surface area contributed by atoms with Crippen LogP contribution < -0.4 is 0 Å². The Morgan fingerprint density at radius 3 is 2.57 bits per heavy atom. The van der Waals surface area contributed by atoms with Crippen LogP contribution in [0.1, 0.15) is 39.0 Å². The lowest BCUT2D eigenvalue weighted by Crippen LogP contribution is -2.45. The number of aliphatic hydroxyl groups is 2. The van der Waals surface area contributed by atoms with Gasteiger partial charge in [0.15, 0.2) is 0 Å². The first-order valence-electron chi connectivity index (χ1n) is 5.62. The lowest BCUT2D eigenvalue weighted by atomic mass is 9.73. The zero-order valence-electron chi connectivity index (χ0n) is 9.04. The maximum atomic E-state index is 9.37. The van der Waals surface area contributed by atoms with E-state index in [9.17, 15) is 10.2 Å². The topological polar surface area (TPSA) is 49.7 Å². The highest BCUT2D eigenvalue weighted by molar-refractivity contribution is 4.90. The Bertz CT molecular complexity index is 155. The molecule has 3 heteroatoms. The maximum absolute atomic E-state index is 9.37. The number of hydrogen-bond acceptors (Lipinski definition) is 3. The van der Waals surface area contributed by atoms with Crippen molar-refractivity contribution in [3.63, 3.8) is 0 Å². The Morgan fingerprint density at radius 2 is 2.00 bits per heavy atom. The molecule has 0 radical (unpaired) electrons. The van der Waals surface area contributed by atoms with Crippen LogP contribution in [0.15, 0.2) is 0 Å². The smallest absolute Gasteiger partial charge is 0.0675 e. The number of ether oxygens (including phenoxy) is 1. The highest BCUT2D eigenvalue weighted by atomic mass is 16.5. The summed E-state index contributed by atoms with van der Waals surface area (Å²) in [6.45, 7) is 2.88. The van der Waals surface area contributed by atoms with Crippen LogP contribution in [-0.2, 0) is 4.74 Å². The van der Waals surface area contributed by atoms with Crippen LogP contribution in [0, 0.1) is 5.41 Å². The minimum absolute atomic E-state index is 0.0396. The quantitative estimate of drug-likeness (QED) is 0.707. The first kappa shape index (κ1) is 12.0. The third-order valence-electron chi connectivity index (χ3n) is 3.23. The highest BCUT2D eigenvalue weighted by Gasteiger charge is 2.40. The molecule has 1 saturated carbocycles.